The Balaban J connectivity index is 1.26. The van der Waals surface area contributed by atoms with Crippen LogP contribution in [0.5, 0.6) is 0 Å². The van der Waals surface area contributed by atoms with Crippen molar-refractivity contribution in [3.63, 3.8) is 0 Å². The number of carbonyl (C=O) groups is 2. The van der Waals surface area contributed by atoms with Gasteiger partial charge in [-0.15, -0.1) is 0 Å². The summed E-state index contributed by atoms with van der Waals surface area (Å²) >= 11 is 0. The van der Waals surface area contributed by atoms with Crippen LogP contribution in [0.2, 0.25) is 0 Å². The Hall–Kier alpha value is -3.23. The van der Waals surface area contributed by atoms with Gasteiger partial charge in [0.2, 0.25) is 5.91 Å². The zero-order valence-corrected chi connectivity index (χ0v) is 18.9. The molecule has 0 unspecified atom stereocenters. The van der Waals surface area contributed by atoms with Gasteiger partial charge in [-0.1, -0.05) is 0 Å². The van der Waals surface area contributed by atoms with Crippen LogP contribution < -0.4 is 5.56 Å². The fourth-order valence-corrected chi connectivity index (χ4v) is 4.23. The molecule has 32 heavy (non-hydrogen) atoms. The number of hydrogen-bond acceptors (Lipinski definition) is 5. The molecule has 170 valence electrons. The lowest BCUT2D eigenvalue weighted by Crippen LogP contribution is -2.40. The lowest BCUT2D eigenvalue weighted by Gasteiger charge is -2.31. The van der Waals surface area contributed by atoms with E-state index in [0.717, 1.165) is 5.69 Å². The number of piperidine rings is 1. The van der Waals surface area contributed by atoms with Crippen LogP contribution in [-0.4, -0.2) is 54.1 Å². The highest BCUT2D eigenvalue weighted by Crippen LogP contribution is 2.23. The molecule has 0 atom stereocenters. The zero-order valence-electron chi connectivity index (χ0n) is 18.9. The molecule has 1 fully saturated rings. The average molecular weight is 439 g/mol. The lowest BCUT2D eigenvalue weighted by molar-refractivity contribution is -0.132. The van der Waals surface area contributed by atoms with Gasteiger partial charge in [0.15, 0.2) is 5.78 Å². The van der Waals surface area contributed by atoms with E-state index in [-0.39, 0.29) is 29.2 Å². The van der Waals surface area contributed by atoms with E-state index in [1.165, 1.54) is 0 Å². The first-order valence-electron chi connectivity index (χ1n) is 11.3. The van der Waals surface area contributed by atoms with Crippen LogP contribution in [0.25, 0.3) is 5.52 Å². The third kappa shape index (κ3) is 4.51. The summed E-state index contributed by atoms with van der Waals surface area (Å²) in [4.78, 5) is 42.2. The highest BCUT2D eigenvalue weighted by molar-refractivity contribution is 5.97. The van der Waals surface area contributed by atoms with Gasteiger partial charge in [-0.2, -0.15) is 10.2 Å². The predicted molar refractivity (Wildman–Crippen MR) is 120 cm³/mol. The molecule has 0 radical (unpaired) electrons. The van der Waals surface area contributed by atoms with Crippen molar-refractivity contribution >= 4 is 17.2 Å². The summed E-state index contributed by atoms with van der Waals surface area (Å²) in [6.07, 6.45) is 6.35. The average Bonchev–Trinajstić information content (AvgIpc) is 3.41. The van der Waals surface area contributed by atoms with E-state index in [0.29, 0.717) is 62.1 Å². The minimum atomic E-state index is -0.167. The third-order valence-corrected chi connectivity index (χ3v) is 6.19. The van der Waals surface area contributed by atoms with Gasteiger partial charge in [0.05, 0.1) is 11.8 Å². The zero-order chi connectivity index (χ0) is 22.8. The Morgan fingerprint density at radius 2 is 1.97 bits per heavy atom. The van der Waals surface area contributed by atoms with Gasteiger partial charge in [-0.3, -0.25) is 19.1 Å². The molecule has 1 saturated heterocycles. The Morgan fingerprint density at radius 3 is 2.66 bits per heavy atom. The van der Waals surface area contributed by atoms with Crippen LogP contribution in [0.4, 0.5) is 0 Å². The molecule has 9 heteroatoms. The van der Waals surface area contributed by atoms with E-state index in [1.807, 2.05) is 37.9 Å². The SMILES string of the molecule is Cc1ccc2c(=O)[nH]c(CCCC(=O)N3CCC(C(=O)c4cnn(C(C)C)c4)CC3)nn12. The van der Waals surface area contributed by atoms with Crippen molar-refractivity contribution in [2.75, 3.05) is 13.1 Å². The second-order valence-corrected chi connectivity index (χ2v) is 8.85. The molecule has 4 rings (SSSR count). The van der Waals surface area contributed by atoms with Crippen molar-refractivity contribution in [1.29, 1.82) is 0 Å². The summed E-state index contributed by atoms with van der Waals surface area (Å²) in [6.45, 7) is 7.14. The molecular weight excluding hydrogens is 408 g/mol. The van der Waals surface area contributed by atoms with Gasteiger partial charge in [0.1, 0.15) is 11.3 Å². The first-order valence-corrected chi connectivity index (χ1v) is 11.3. The molecule has 9 nitrogen and oxygen atoms in total. The van der Waals surface area contributed by atoms with E-state index in [1.54, 1.807) is 21.5 Å². The number of H-pyrrole nitrogens is 1. The number of carbonyl (C=O) groups excluding carboxylic acids is 2. The second-order valence-electron chi connectivity index (χ2n) is 8.85. The predicted octanol–water partition coefficient (Wildman–Crippen LogP) is 2.55. The molecule has 0 saturated carbocycles. The van der Waals surface area contributed by atoms with E-state index >= 15 is 0 Å². The number of rotatable bonds is 7. The topological polar surface area (TPSA) is 105 Å². The standard InChI is InChI=1S/C23H30N6O3/c1-15(2)28-14-18(13-24-28)22(31)17-9-11-27(12-10-17)21(30)6-4-5-20-25-23(32)19-8-7-16(3)29(19)26-20/h7-8,13-15,17H,4-6,9-12H2,1-3H3,(H,25,26,32). The number of likely N-dealkylation sites (tertiary alicyclic amines) is 1. The molecule has 3 aromatic heterocycles. The van der Waals surface area contributed by atoms with Gasteiger partial charge in [-0.05, 0) is 52.2 Å². The number of Topliss-reactive ketones (excluding diaryl/α,β-unsaturated/α-hetero) is 1. The molecule has 1 aliphatic heterocycles. The maximum atomic E-state index is 12.8. The van der Waals surface area contributed by atoms with E-state index in [2.05, 4.69) is 15.2 Å². The summed E-state index contributed by atoms with van der Waals surface area (Å²) in [7, 11) is 0. The van der Waals surface area contributed by atoms with Crippen molar-refractivity contribution in [3.8, 4) is 0 Å². The molecule has 3 aromatic rings. The number of fused-ring (bicyclic) bond motifs is 1. The molecule has 4 heterocycles. The Bertz CT molecular complexity index is 1180. The smallest absolute Gasteiger partial charge is 0.275 e. The molecule has 0 aliphatic carbocycles. The van der Waals surface area contributed by atoms with Crippen molar-refractivity contribution in [2.24, 2.45) is 5.92 Å². The first-order chi connectivity index (χ1) is 15.3. The van der Waals surface area contributed by atoms with Crippen LogP contribution in [0, 0.1) is 12.8 Å². The van der Waals surface area contributed by atoms with E-state index in [4.69, 9.17) is 0 Å². The van der Waals surface area contributed by atoms with Gasteiger partial charge in [0, 0.05) is 49.8 Å². The third-order valence-electron chi connectivity index (χ3n) is 6.19. The minimum Gasteiger partial charge on any atom is -0.343 e. The number of nitrogens with one attached hydrogen (secondary N) is 1. The van der Waals surface area contributed by atoms with Gasteiger partial charge >= 0.3 is 0 Å². The number of hydrogen-bond donors (Lipinski definition) is 1. The number of amides is 1. The van der Waals surface area contributed by atoms with Gasteiger partial charge in [0.25, 0.3) is 5.56 Å². The molecule has 1 N–H and O–H groups in total. The minimum absolute atomic E-state index is 0.0605. The van der Waals surface area contributed by atoms with E-state index in [9.17, 15) is 14.4 Å². The number of aromatic amines is 1. The summed E-state index contributed by atoms with van der Waals surface area (Å²) < 4.78 is 3.44. The molecule has 1 amide bonds. The second kappa shape index (κ2) is 9.10. The van der Waals surface area contributed by atoms with Gasteiger partial charge in [-0.25, -0.2) is 4.52 Å². The van der Waals surface area contributed by atoms with Crippen LogP contribution in [0.15, 0.2) is 29.3 Å². The summed E-state index contributed by atoms with van der Waals surface area (Å²) in [5.74, 6) is 0.731. The maximum Gasteiger partial charge on any atom is 0.275 e. The molecular formula is C23H30N6O3. The van der Waals surface area contributed by atoms with Crippen molar-refractivity contribution in [2.45, 2.75) is 58.9 Å². The Labute approximate surface area is 186 Å². The van der Waals surface area contributed by atoms with Crippen LogP contribution >= 0.6 is 0 Å². The highest BCUT2D eigenvalue weighted by atomic mass is 16.2. The van der Waals surface area contributed by atoms with Crippen molar-refractivity contribution in [1.82, 2.24) is 29.3 Å². The van der Waals surface area contributed by atoms with Crippen LogP contribution in [0.3, 0.4) is 0 Å². The first kappa shape index (κ1) is 22.0. The molecule has 0 spiro atoms. The summed E-state index contributed by atoms with van der Waals surface area (Å²) in [6, 6.07) is 3.83. The number of aromatic nitrogens is 5. The molecule has 0 bridgehead atoms. The molecule has 1 aliphatic rings. The fourth-order valence-electron chi connectivity index (χ4n) is 4.23. The highest BCUT2D eigenvalue weighted by Gasteiger charge is 2.28. The fraction of sp³-hybridized carbons (Fsp3) is 0.522. The number of nitrogens with zero attached hydrogens (tertiary/aromatic N) is 5. The largest absolute Gasteiger partial charge is 0.343 e. The van der Waals surface area contributed by atoms with Crippen LogP contribution in [0.1, 0.15) is 67.4 Å². The van der Waals surface area contributed by atoms with Crippen molar-refractivity contribution < 1.29 is 9.59 Å². The Morgan fingerprint density at radius 1 is 1.22 bits per heavy atom. The van der Waals surface area contributed by atoms with Gasteiger partial charge < -0.3 is 9.88 Å². The Kier molecular flexibility index (Phi) is 6.25. The maximum absolute atomic E-state index is 12.8. The lowest BCUT2D eigenvalue weighted by atomic mass is 9.90. The normalized spacial score (nSPS) is 15.1. The number of ketones is 1. The van der Waals surface area contributed by atoms with Crippen LogP contribution in [-0.2, 0) is 11.2 Å². The molecule has 0 aromatic carbocycles. The quantitative estimate of drug-likeness (QED) is 0.571. The van der Waals surface area contributed by atoms with E-state index < -0.39 is 0 Å². The summed E-state index contributed by atoms with van der Waals surface area (Å²) in [5.41, 5.74) is 1.91. The summed E-state index contributed by atoms with van der Waals surface area (Å²) in [5, 5.41) is 8.73. The van der Waals surface area contributed by atoms with Crippen molar-refractivity contribution in [3.05, 3.63) is 52.0 Å². The number of aryl methyl sites for hydroxylation is 2. The monoisotopic (exact) mass is 438 g/mol.